The zero-order chi connectivity index (χ0) is 10.2. The van der Waals surface area contributed by atoms with Gasteiger partial charge in [-0.2, -0.15) is 0 Å². The van der Waals surface area contributed by atoms with E-state index in [1.807, 2.05) is 0 Å². The molecular formula is C13H27N. The molecule has 2 rings (SSSR count). The van der Waals surface area contributed by atoms with Crippen molar-refractivity contribution in [1.29, 1.82) is 0 Å². The molecule has 0 radical (unpaired) electrons. The van der Waals surface area contributed by atoms with Crippen LogP contribution < -0.4 is 0 Å². The van der Waals surface area contributed by atoms with Crippen molar-refractivity contribution in [3.8, 4) is 0 Å². The third-order valence-electron chi connectivity index (χ3n) is 3.70. The van der Waals surface area contributed by atoms with E-state index in [2.05, 4.69) is 18.7 Å². The molecule has 0 amide bonds. The van der Waals surface area contributed by atoms with E-state index in [0.29, 0.717) is 0 Å². The summed E-state index contributed by atoms with van der Waals surface area (Å²) in [7, 11) is 0. The van der Waals surface area contributed by atoms with Gasteiger partial charge in [-0.1, -0.05) is 46.0 Å². The Hall–Kier alpha value is -0.0400. The van der Waals surface area contributed by atoms with Crippen molar-refractivity contribution in [2.75, 3.05) is 19.6 Å². The van der Waals surface area contributed by atoms with E-state index >= 15 is 0 Å². The second-order valence-electron chi connectivity index (χ2n) is 4.70. The molecule has 0 N–H and O–H groups in total. The molecule has 14 heavy (non-hydrogen) atoms. The number of rotatable bonds is 2. The Morgan fingerprint density at radius 3 is 1.79 bits per heavy atom. The highest BCUT2D eigenvalue weighted by molar-refractivity contribution is 4.64. The van der Waals surface area contributed by atoms with Gasteiger partial charge in [0, 0.05) is 0 Å². The van der Waals surface area contributed by atoms with Crippen LogP contribution in [0.5, 0.6) is 0 Å². The lowest BCUT2D eigenvalue weighted by molar-refractivity contribution is 0.359. The first kappa shape index (κ1) is 12.0. The summed E-state index contributed by atoms with van der Waals surface area (Å²) in [5.41, 5.74) is 0. The number of hydrogen-bond acceptors (Lipinski definition) is 1. The molecule has 2 aliphatic rings. The van der Waals surface area contributed by atoms with Crippen LogP contribution in [0.15, 0.2) is 0 Å². The molecule has 1 heteroatoms. The van der Waals surface area contributed by atoms with Gasteiger partial charge in [-0.25, -0.2) is 0 Å². The van der Waals surface area contributed by atoms with E-state index in [0.717, 1.165) is 5.92 Å². The molecule has 1 aliphatic heterocycles. The number of likely N-dealkylation sites (tertiary alicyclic amines) is 1. The SMILES string of the molecule is CCC1CCCC1.CCN1CCCC1. The minimum Gasteiger partial charge on any atom is -0.304 e. The van der Waals surface area contributed by atoms with Gasteiger partial charge >= 0.3 is 0 Å². The van der Waals surface area contributed by atoms with Crippen LogP contribution in [0.4, 0.5) is 0 Å². The van der Waals surface area contributed by atoms with E-state index in [1.165, 1.54) is 64.6 Å². The lowest BCUT2D eigenvalue weighted by atomic mass is 10.1. The van der Waals surface area contributed by atoms with Crippen LogP contribution in [0.1, 0.15) is 58.8 Å². The van der Waals surface area contributed by atoms with Gasteiger partial charge < -0.3 is 4.90 Å². The van der Waals surface area contributed by atoms with Gasteiger partial charge in [0.25, 0.3) is 0 Å². The summed E-state index contributed by atoms with van der Waals surface area (Å²) in [6.07, 6.45) is 10.3. The summed E-state index contributed by atoms with van der Waals surface area (Å²) in [4.78, 5) is 2.49. The van der Waals surface area contributed by atoms with Gasteiger partial charge in [0.1, 0.15) is 0 Å². The van der Waals surface area contributed by atoms with Crippen molar-refractivity contribution in [1.82, 2.24) is 4.90 Å². The predicted molar refractivity (Wildman–Crippen MR) is 63.6 cm³/mol. The van der Waals surface area contributed by atoms with Crippen molar-refractivity contribution in [3.05, 3.63) is 0 Å². The average molecular weight is 197 g/mol. The first-order valence-corrected chi connectivity index (χ1v) is 6.59. The maximum atomic E-state index is 2.49. The Labute approximate surface area is 89.9 Å². The summed E-state index contributed by atoms with van der Waals surface area (Å²) in [6.45, 7) is 8.47. The first-order valence-electron chi connectivity index (χ1n) is 6.59. The molecule has 1 aliphatic carbocycles. The van der Waals surface area contributed by atoms with E-state index < -0.39 is 0 Å². The van der Waals surface area contributed by atoms with E-state index in [1.54, 1.807) is 0 Å². The highest BCUT2D eigenvalue weighted by atomic mass is 15.1. The second-order valence-corrected chi connectivity index (χ2v) is 4.70. The summed E-state index contributed by atoms with van der Waals surface area (Å²) >= 11 is 0. The van der Waals surface area contributed by atoms with E-state index in [9.17, 15) is 0 Å². The van der Waals surface area contributed by atoms with Crippen molar-refractivity contribution < 1.29 is 0 Å². The maximum Gasteiger partial charge on any atom is -0.00184 e. The molecule has 1 nitrogen and oxygen atoms in total. The molecule has 2 fully saturated rings. The van der Waals surface area contributed by atoms with Crippen LogP contribution in [0.2, 0.25) is 0 Å². The fraction of sp³-hybridized carbons (Fsp3) is 1.00. The van der Waals surface area contributed by atoms with Gasteiger partial charge in [-0.05, 0) is 38.4 Å². The first-order chi connectivity index (χ1) is 6.86. The van der Waals surface area contributed by atoms with Gasteiger partial charge in [-0.15, -0.1) is 0 Å². The number of nitrogens with zero attached hydrogens (tertiary/aromatic N) is 1. The van der Waals surface area contributed by atoms with Gasteiger partial charge in [0.15, 0.2) is 0 Å². The zero-order valence-electron chi connectivity index (χ0n) is 10.1. The average Bonchev–Trinajstić information content (AvgIpc) is 2.92. The van der Waals surface area contributed by atoms with Crippen LogP contribution >= 0.6 is 0 Å². The Kier molecular flexibility index (Phi) is 6.25. The monoisotopic (exact) mass is 197 g/mol. The molecule has 84 valence electrons. The van der Waals surface area contributed by atoms with Crippen molar-refractivity contribution in [2.45, 2.75) is 58.8 Å². The third kappa shape index (κ3) is 4.45. The topological polar surface area (TPSA) is 3.24 Å². The van der Waals surface area contributed by atoms with Crippen LogP contribution in [0, 0.1) is 5.92 Å². The van der Waals surface area contributed by atoms with Crippen LogP contribution in [0.3, 0.4) is 0 Å². The third-order valence-corrected chi connectivity index (χ3v) is 3.70. The highest BCUT2D eigenvalue weighted by Crippen LogP contribution is 2.26. The van der Waals surface area contributed by atoms with Crippen LogP contribution in [0.25, 0.3) is 0 Å². The molecule has 0 unspecified atom stereocenters. The van der Waals surface area contributed by atoms with E-state index in [4.69, 9.17) is 0 Å². The van der Waals surface area contributed by atoms with E-state index in [-0.39, 0.29) is 0 Å². The molecule has 0 aromatic carbocycles. The summed E-state index contributed by atoms with van der Waals surface area (Å²) in [5, 5.41) is 0. The largest absolute Gasteiger partial charge is 0.304 e. The second kappa shape index (κ2) is 7.28. The van der Waals surface area contributed by atoms with Crippen molar-refractivity contribution in [3.63, 3.8) is 0 Å². The predicted octanol–water partition coefficient (Wildman–Crippen LogP) is 3.69. The summed E-state index contributed by atoms with van der Waals surface area (Å²) in [6, 6.07) is 0. The fourth-order valence-electron chi connectivity index (χ4n) is 2.52. The van der Waals surface area contributed by atoms with Gasteiger partial charge in [0.2, 0.25) is 0 Å². The van der Waals surface area contributed by atoms with Crippen molar-refractivity contribution in [2.24, 2.45) is 5.92 Å². The Morgan fingerprint density at radius 1 is 0.929 bits per heavy atom. The molecule has 0 bridgehead atoms. The molecule has 0 atom stereocenters. The van der Waals surface area contributed by atoms with Crippen molar-refractivity contribution >= 4 is 0 Å². The molecule has 1 saturated heterocycles. The lowest BCUT2D eigenvalue weighted by Gasteiger charge is -2.08. The molecule has 0 aromatic heterocycles. The Balaban J connectivity index is 0.000000140. The normalized spacial score (nSPS) is 23.6. The van der Waals surface area contributed by atoms with Gasteiger partial charge in [0.05, 0.1) is 0 Å². The van der Waals surface area contributed by atoms with Crippen LogP contribution in [-0.4, -0.2) is 24.5 Å². The molecule has 1 heterocycles. The van der Waals surface area contributed by atoms with Gasteiger partial charge in [-0.3, -0.25) is 0 Å². The fourth-order valence-corrected chi connectivity index (χ4v) is 2.52. The summed E-state index contributed by atoms with van der Waals surface area (Å²) < 4.78 is 0. The Morgan fingerprint density at radius 2 is 1.50 bits per heavy atom. The van der Waals surface area contributed by atoms with Crippen LogP contribution in [-0.2, 0) is 0 Å². The standard InChI is InChI=1S/C7H14.C6H13N/c2*1-2-7-5-3-4-6-7/h7H,2-6H2,1H3;2-6H2,1H3. The Bertz CT molecular complexity index is 105. The minimum atomic E-state index is 1.10. The lowest BCUT2D eigenvalue weighted by Crippen LogP contribution is -2.17. The highest BCUT2D eigenvalue weighted by Gasteiger charge is 2.11. The summed E-state index contributed by atoms with van der Waals surface area (Å²) in [5.74, 6) is 1.10. The maximum absolute atomic E-state index is 2.49. The quantitative estimate of drug-likeness (QED) is 0.652. The molecule has 0 aromatic rings. The molecular weight excluding hydrogens is 170 g/mol. The molecule has 1 saturated carbocycles. The zero-order valence-corrected chi connectivity index (χ0v) is 10.1. The smallest absolute Gasteiger partial charge is 0.00184 e. The number of hydrogen-bond donors (Lipinski definition) is 0. The minimum absolute atomic E-state index is 1.10. The molecule has 0 spiro atoms.